The van der Waals surface area contributed by atoms with E-state index in [9.17, 15) is 14.7 Å². The summed E-state index contributed by atoms with van der Waals surface area (Å²) >= 11 is 0. The number of aromatic amines is 1. The van der Waals surface area contributed by atoms with Crippen molar-refractivity contribution >= 4 is 22.8 Å². The Hall–Kier alpha value is -2.68. The largest absolute Gasteiger partial charge is 0.509 e. The van der Waals surface area contributed by atoms with Crippen LogP contribution in [-0.2, 0) is 35.6 Å². The van der Waals surface area contributed by atoms with Crippen LogP contribution in [0.15, 0.2) is 35.9 Å². The molecule has 2 aromatic rings. The van der Waals surface area contributed by atoms with Gasteiger partial charge in [0.05, 0.1) is 0 Å². The number of carbonyl (C=O) groups excluding carboxylic acids is 2. The van der Waals surface area contributed by atoms with Crippen molar-refractivity contribution in [2.75, 3.05) is 0 Å². The van der Waals surface area contributed by atoms with Crippen molar-refractivity contribution in [1.82, 2.24) is 4.98 Å². The fourth-order valence-corrected chi connectivity index (χ4v) is 8.92. The highest BCUT2D eigenvalue weighted by Gasteiger charge is 2.78. The summed E-state index contributed by atoms with van der Waals surface area (Å²) in [5, 5.41) is 14.4. The van der Waals surface area contributed by atoms with Crippen LogP contribution in [0.5, 0.6) is 0 Å². The van der Waals surface area contributed by atoms with Gasteiger partial charge >= 0.3 is 6.16 Å². The first-order valence-electron chi connectivity index (χ1n) is 14.4. The quantitative estimate of drug-likeness (QED) is 0.468. The summed E-state index contributed by atoms with van der Waals surface area (Å²) in [4.78, 5) is 30.3. The van der Waals surface area contributed by atoms with Crippen LogP contribution in [0, 0.1) is 11.3 Å². The molecule has 2 saturated carbocycles. The summed E-state index contributed by atoms with van der Waals surface area (Å²) in [6.45, 7) is 13.3. The lowest BCUT2D eigenvalue weighted by Crippen LogP contribution is -2.75. The van der Waals surface area contributed by atoms with Crippen LogP contribution >= 0.6 is 0 Å². The lowest BCUT2D eigenvalue weighted by molar-refractivity contribution is -0.275. The van der Waals surface area contributed by atoms with E-state index in [-0.39, 0.29) is 11.7 Å². The minimum atomic E-state index is -1.76. The summed E-state index contributed by atoms with van der Waals surface area (Å²) < 4.78 is 24.6. The molecule has 1 spiro atoms. The van der Waals surface area contributed by atoms with Crippen molar-refractivity contribution in [3.8, 4) is 0 Å². The first kappa shape index (κ1) is 26.2. The maximum atomic E-state index is 13.4. The molecule has 1 saturated heterocycles. The van der Waals surface area contributed by atoms with Crippen molar-refractivity contribution in [2.24, 2.45) is 11.3 Å². The van der Waals surface area contributed by atoms with Gasteiger partial charge in [0.1, 0.15) is 22.9 Å². The van der Waals surface area contributed by atoms with Crippen LogP contribution in [0.4, 0.5) is 4.79 Å². The zero-order chi connectivity index (χ0) is 28.7. The van der Waals surface area contributed by atoms with Gasteiger partial charge in [-0.3, -0.25) is 4.79 Å². The number of hydrogen-bond acceptors (Lipinski definition) is 7. The van der Waals surface area contributed by atoms with Crippen molar-refractivity contribution in [3.05, 3.63) is 47.2 Å². The summed E-state index contributed by atoms with van der Waals surface area (Å²) in [6.07, 6.45) is 1.16. The van der Waals surface area contributed by atoms with E-state index >= 15 is 0 Å². The highest BCUT2D eigenvalue weighted by molar-refractivity contribution is 5.97. The Bertz CT molecular complexity index is 1500. The van der Waals surface area contributed by atoms with Crippen LogP contribution < -0.4 is 0 Å². The first-order chi connectivity index (χ1) is 18.6. The molecule has 3 unspecified atom stereocenters. The minimum absolute atomic E-state index is 0.0830. The molecule has 1 aromatic heterocycles. The molecule has 0 amide bonds. The highest BCUT2D eigenvalue weighted by atomic mass is 16.8. The van der Waals surface area contributed by atoms with Gasteiger partial charge in [0, 0.05) is 39.4 Å². The van der Waals surface area contributed by atoms with Gasteiger partial charge in [0.25, 0.3) is 0 Å². The molecule has 2 aliphatic heterocycles. The average molecular weight is 550 g/mol. The van der Waals surface area contributed by atoms with Crippen LogP contribution in [0.2, 0.25) is 0 Å². The van der Waals surface area contributed by atoms with Crippen molar-refractivity contribution in [1.29, 1.82) is 0 Å². The fraction of sp³-hybridized carbons (Fsp3) is 0.625. The number of carbonyl (C=O) groups is 2. The van der Waals surface area contributed by atoms with Gasteiger partial charge in [-0.25, -0.2) is 4.79 Å². The van der Waals surface area contributed by atoms with E-state index in [1.807, 2.05) is 26.0 Å². The van der Waals surface area contributed by atoms with Gasteiger partial charge in [0.2, 0.25) is 0 Å². The van der Waals surface area contributed by atoms with Crippen LogP contribution in [-0.4, -0.2) is 56.8 Å². The SMILES string of the molecule is CC(C)(C)OC(=O)O[C@H]1CC2Cc3c([nH]c4ccccc34)[C@]2(C)C2(C)CC[C@@]34OC(C(=O)C=C3[C@]12O)C(C)(C)O4. The molecule has 214 valence electrons. The molecule has 7 rings (SSSR count). The number of aromatic nitrogens is 1. The molecular weight excluding hydrogens is 510 g/mol. The normalized spacial score (nSPS) is 41.0. The van der Waals surface area contributed by atoms with Crippen LogP contribution in [0.25, 0.3) is 10.9 Å². The van der Waals surface area contributed by atoms with Crippen LogP contribution in [0.3, 0.4) is 0 Å². The maximum Gasteiger partial charge on any atom is 0.509 e. The van der Waals surface area contributed by atoms with E-state index in [0.29, 0.717) is 24.8 Å². The van der Waals surface area contributed by atoms with Gasteiger partial charge in [-0.15, -0.1) is 0 Å². The number of aliphatic hydroxyl groups is 1. The fourth-order valence-electron chi connectivity index (χ4n) is 8.92. The van der Waals surface area contributed by atoms with E-state index in [0.717, 1.165) is 17.6 Å². The number of nitrogens with one attached hydrogen (secondary N) is 1. The number of para-hydroxylation sites is 1. The van der Waals surface area contributed by atoms with Gasteiger partial charge in [-0.1, -0.05) is 32.0 Å². The predicted molar refractivity (Wildman–Crippen MR) is 147 cm³/mol. The zero-order valence-corrected chi connectivity index (χ0v) is 24.3. The molecule has 3 aliphatic carbocycles. The highest BCUT2D eigenvalue weighted by Crippen LogP contribution is 2.72. The molecule has 3 fully saturated rings. The van der Waals surface area contributed by atoms with Crippen molar-refractivity contribution in [2.45, 2.75) is 114 Å². The molecule has 0 radical (unpaired) electrons. The molecule has 8 heteroatoms. The lowest BCUT2D eigenvalue weighted by atomic mass is 9.41. The van der Waals surface area contributed by atoms with Crippen molar-refractivity contribution in [3.63, 3.8) is 0 Å². The van der Waals surface area contributed by atoms with E-state index < -0.39 is 51.8 Å². The lowest BCUT2D eigenvalue weighted by Gasteiger charge is -2.67. The second-order valence-electron chi connectivity index (χ2n) is 14.4. The molecular formula is C32H39NO7. The van der Waals surface area contributed by atoms with Crippen LogP contribution in [0.1, 0.15) is 79.0 Å². The Balaban J connectivity index is 1.42. The van der Waals surface area contributed by atoms with E-state index in [1.165, 1.54) is 17.0 Å². The molecule has 8 nitrogen and oxygen atoms in total. The average Bonchev–Trinajstić information content (AvgIpc) is 3.43. The third-order valence-electron chi connectivity index (χ3n) is 10.9. The predicted octanol–water partition coefficient (Wildman–Crippen LogP) is 5.25. The third kappa shape index (κ3) is 3.02. The van der Waals surface area contributed by atoms with Gasteiger partial charge < -0.3 is 29.0 Å². The Morgan fingerprint density at radius 1 is 1.12 bits per heavy atom. The molecule has 1 aromatic carbocycles. The van der Waals surface area contributed by atoms with Gasteiger partial charge in [-0.05, 0) is 77.5 Å². The summed E-state index contributed by atoms with van der Waals surface area (Å²) in [6, 6.07) is 8.28. The summed E-state index contributed by atoms with van der Waals surface area (Å²) in [7, 11) is 0. The summed E-state index contributed by atoms with van der Waals surface area (Å²) in [5.74, 6) is -1.43. The van der Waals surface area contributed by atoms with E-state index in [4.69, 9.17) is 18.9 Å². The molecule has 7 atom stereocenters. The number of ether oxygens (including phenoxy) is 4. The number of benzene rings is 1. The van der Waals surface area contributed by atoms with E-state index in [1.54, 1.807) is 20.8 Å². The first-order valence-corrected chi connectivity index (χ1v) is 14.4. The maximum absolute atomic E-state index is 13.4. The number of hydrogen-bond donors (Lipinski definition) is 2. The number of H-pyrrole nitrogens is 1. The summed E-state index contributed by atoms with van der Waals surface area (Å²) in [5.41, 5.74) is -0.956. The Morgan fingerprint density at radius 3 is 2.58 bits per heavy atom. The second kappa shape index (κ2) is 7.58. The van der Waals surface area contributed by atoms with Crippen molar-refractivity contribution < 1.29 is 33.6 Å². The molecule has 2 N–H and O–H groups in total. The van der Waals surface area contributed by atoms with Gasteiger partial charge in [-0.2, -0.15) is 0 Å². The smallest absolute Gasteiger partial charge is 0.429 e. The second-order valence-corrected chi connectivity index (χ2v) is 14.4. The standard InChI is InChI=1S/C32H39NO7/c1-27(2,3)39-26(35)37-23-15-17-14-19-18-10-8-9-11-20(18)33-24(19)30(17,7)29(6)12-13-31-22(32(23,29)36)16-21(34)25(38-31)28(4,5)40-31/h8-11,16-17,23,25,33,36H,12-15H2,1-7H3/t17?,23-,25?,29?,30+,31-,32-/m0/s1. The number of fused-ring (bicyclic) bond motifs is 9. The number of rotatable bonds is 1. The molecule has 3 heterocycles. The Kier molecular flexibility index (Phi) is 4.97. The number of ketones is 1. The third-order valence-corrected chi connectivity index (χ3v) is 10.9. The zero-order valence-electron chi connectivity index (χ0n) is 24.3. The van der Waals surface area contributed by atoms with Gasteiger partial charge in [0.15, 0.2) is 17.7 Å². The molecule has 5 aliphatic rings. The minimum Gasteiger partial charge on any atom is -0.429 e. The molecule has 40 heavy (non-hydrogen) atoms. The molecule has 2 bridgehead atoms. The topological polar surface area (TPSA) is 107 Å². The monoisotopic (exact) mass is 549 g/mol. The Morgan fingerprint density at radius 2 is 1.85 bits per heavy atom. The van der Waals surface area contributed by atoms with E-state index in [2.05, 4.69) is 31.0 Å². The Labute approximate surface area is 234 Å².